The maximum absolute atomic E-state index is 13.8. The number of nitrogens with one attached hydrogen (secondary N) is 3. The van der Waals surface area contributed by atoms with E-state index in [2.05, 4.69) is 20.5 Å². The Morgan fingerprint density at radius 1 is 1.12 bits per heavy atom. The van der Waals surface area contributed by atoms with Crippen LogP contribution in [0.2, 0.25) is 0 Å². The molecule has 2 aromatic carbocycles. The molecule has 0 spiro atoms. The quantitative estimate of drug-likeness (QED) is 0.364. The van der Waals surface area contributed by atoms with Gasteiger partial charge < -0.3 is 25.3 Å². The molecule has 1 aromatic heterocycles. The van der Waals surface area contributed by atoms with Crippen LogP contribution in [0, 0.1) is 0 Å². The first-order valence-corrected chi connectivity index (χ1v) is 14.5. The van der Waals surface area contributed by atoms with Crippen molar-refractivity contribution in [2.75, 3.05) is 6.54 Å². The molecule has 5 rings (SSSR count). The topological polar surface area (TPSA) is 107 Å². The van der Waals surface area contributed by atoms with Gasteiger partial charge in [-0.3, -0.25) is 14.5 Å². The van der Waals surface area contributed by atoms with Crippen LogP contribution in [0.25, 0.3) is 10.9 Å². The van der Waals surface area contributed by atoms with Crippen molar-refractivity contribution in [1.82, 2.24) is 25.4 Å². The Labute approximate surface area is 245 Å². The van der Waals surface area contributed by atoms with E-state index in [0.717, 1.165) is 35.0 Å². The molecular weight excluding hydrogens is 538 g/mol. The van der Waals surface area contributed by atoms with Crippen LogP contribution in [0.15, 0.2) is 60.8 Å². The second-order valence-corrected chi connectivity index (χ2v) is 12.1. The highest BCUT2D eigenvalue weighted by Crippen LogP contribution is 2.28. The van der Waals surface area contributed by atoms with Crippen molar-refractivity contribution >= 4 is 46.1 Å². The molecule has 3 heterocycles. The summed E-state index contributed by atoms with van der Waals surface area (Å²) in [7, 11) is 0. The third kappa shape index (κ3) is 6.70. The standard InChI is InChI=1S/C31H37N5O4S/c1-31(2,3)40-29(39)34-25(16-21-18-32-23-13-8-7-12-22(21)23)28(38)33-24-14-9-15-35-26(24)17-27(37)36(30(35)41)19-20-10-5-4-6-11-20/h4-8,10-13,18,24-26,32H,9,14-17,19H2,1-3H3,(H,33,38)(H,34,39)/t24-,25?,26+/m1/s1. The molecule has 41 heavy (non-hydrogen) atoms. The number of amides is 3. The molecule has 2 aliphatic rings. The van der Waals surface area contributed by atoms with Gasteiger partial charge in [-0.15, -0.1) is 0 Å². The number of aromatic amines is 1. The number of para-hydroxylation sites is 1. The lowest BCUT2D eigenvalue weighted by molar-refractivity contribution is -0.133. The van der Waals surface area contributed by atoms with E-state index in [-0.39, 0.29) is 36.7 Å². The van der Waals surface area contributed by atoms with Gasteiger partial charge in [-0.05, 0) is 63.0 Å². The molecule has 2 fully saturated rings. The Bertz CT molecular complexity index is 1430. The summed E-state index contributed by atoms with van der Waals surface area (Å²) in [5.41, 5.74) is 2.17. The molecule has 0 radical (unpaired) electrons. The first-order chi connectivity index (χ1) is 19.6. The molecule has 2 saturated heterocycles. The van der Waals surface area contributed by atoms with Gasteiger partial charge in [0.1, 0.15) is 11.6 Å². The number of aromatic nitrogens is 1. The molecule has 3 aromatic rings. The summed E-state index contributed by atoms with van der Waals surface area (Å²) in [6.45, 7) is 6.49. The number of alkyl carbamates (subject to hydrolysis) is 1. The predicted molar refractivity (Wildman–Crippen MR) is 161 cm³/mol. The maximum Gasteiger partial charge on any atom is 0.408 e. The van der Waals surface area contributed by atoms with Gasteiger partial charge in [0, 0.05) is 42.5 Å². The van der Waals surface area contributed by atoms with Gasteiger partial charge in [-0.2, -0.15) is 0 Å². The molecular formula is C31H37N5O4S. The molecule has 216 valence electrons. The van der Waals surface area contributed by atoms with Crippen molar-refractivity contribution in [1.29, 1.82) is 0 Å². The minimum atomic E-state index is -0.875. The minimum absolute atomic E-state index is 0.0523. The second kappa shape index (κ2) is 11.9. The van der Waals surface area contributed by atoms with Crippen LogP contribution >= 0.6 is 12.2 Å². The van der Waals surface area contributed by atoms with Crippen molar-refractivity contribution in [2.45, 2.75) is 76.7 Å². The lowest BCUT2D eigenvalue weighted by Gasteiger charge is -2.48. The summed E-state index contributed by atoms with van der Waals surface area (Å²) in [5.74, 6) is -0.374. The fraction of sp³-hybridized carbons (Fsp3) is 0.419. The number of piperidine rings is 1. The largest absolute Gasteiger partial charge is 0.444 e. The zero-order chi connectivity index (χ0) is 29.1. The number of nitrogens with zero attached hydrogens (tertiary/aromatic N) is 2. The van der Waals surface area contributed by atoms with Gasteiger partial charge in [-0.1, -0.05) is 48.5 Å². The number of ether oxygens (including phenoxy) is 1. The van der Waals surface area contributed by atoms with Crippen molar-refractivity contribution in [3.8, 4) is 0 Å². The fourth-order valence-corrected chi connectivity index (χ4v) is 6.04. The van der Waals surface area contributed by atoms with Gasteiger partial charge in [0.15, 0.2) is 5.11 Å². The van der Waals surface area contributed by atoms with Gasteiger partial charge in [0.05, 0.1) is 12.6 Å². The third-order valence-corrected chi connectivity index (χ3v) is 8.01. The van der Waals surface area contributed by atoms with Crippen LogP contribution in [0.5, 0.6) is 0 Å². The highest BCUT2D eigenvalue weighted by Gasteiger charge is 2.43. The lowest BCUT2D eigenvalue weighted by atomic mass is 9.91. The molecule has 3 amide bonds. The molecule has 3 N–H and O–H groups in total. The molecule has 2 aliphatic heterocycles. The average Bonchev–Trinajstić information content (AvgIpc) is 3.33. The van der Waals surface area contributed by atoms with E-state index < -0.39 is 17.7 Å². The number of H-pyrrole nitrogens is 1. The number of benzene rings is 2. The summed E-state index contributed by atoms with van der Waals surface area (Å²) in [4.78, 5) is 46.8. The van der Waals surface area contributed by atoms with E-state index >= 15 is 0 Å². The molecule has 10 heteroatoms. The Morgan fingerprint density at radius 2 is 1.85 bits per heavy atom. The SMILES string of the molecule is CC(C)(C)OC(=O)NC(Cc1c[nH]c2ccccc12)C(=O)N[C@@H]1CCCN2C(=S)N(Cc3ccccc3)C(=O)C[C@@H]12. The number of fused-ring (bicyclic) bond motifs is 2. The number of hydrogen-bond donors (Lipinski definition) is 3. The highest BCUT2D eigenvalue weighted by atomic mass is 32.1. The van der Waals surface area contributed by atoms with Crippen molar-refractivity contribution in [2.24, 2.45) is 0 Å². The van der Waals surface area contributed by atoms with E-state index in [0.29, 0.717) is 18.1 Å². The maximum atomic E-state index is 13.8. The number of hydrogen-bond acceptors (Lipinski definition) is 5. The van der Waals surface area contributed by atoms with Crippen molar-refractivity contribution in [3.63, 3.8) is 0 Å². The van der Waals surface area contributed by atoms with Crippen molar-refractivity contribution < 1.29 is 19.1 Å². The van der Waals surface area contributed by atoms with Crippen LogP contribution in [-0.2, 0) is 27.3 Å². The average molecular weight is 576 g/mol. The second-order valence-electron chi connectivity index (χ2n) is 11.7. The van der Waals surface area contributed by atoms with Crippen LogP contribution in [0.1, 0.15) is 51.2 Å². The zero-order valence-corrected chi connectivity index (χ0v) is 24.5. The van der Waals surface area contributed by atoms with E-state index in [1.807, 2.05) is 60.8 Å². The van der Waals surface area contributed by atoms with Gasteiger partial charge in [0.2, 0.25) is 11.8 Å². The van der Waals surface area contributed by atoms with Crippen LogP contribution in [0.3, 0.4) is 0 Å². The summed E-state index contributed by atoms with van der Waals surface area (Å²) >= 11 is 5.79. The predicted octanol–water partition coefficient (Wildman–Crippen LogP) is 4.27. The van der Waals surface area contributed by atoms with Crippen LogP contribution < -0.4 is 10.6 Å². The molecule has 0 bridgehead atoms. The lowest BCUT2D eigenvalue weighted by Crippen LogP contribution is -2.65. The highest BCUT2D eigenvalue weighted by molar-refractivity contribution is 7.80. The number of carbonyl (C=O) groups excluding carboxylic acids is 3. The van der Waals surface area contributed by atoms with E-state index in [4.69, 9.17) is 17.0 Å². The monoisotopic (exact) mass is 575 g/mol. The molecule has 9 nitrogen and oxygen atoms in total. The van der Waals surface area contributed by atoms with Crippen LogP contribution in [-0.4, -0.2) is 68.1 Å². The van der Waals surface area contributed by atoms with Crippen LogP contribution in [0.4, 0.5) is 4.79 Å². The Morgan fingerprint density at radius 3 is 2.61 bits per heavy atom. The summed E-state index contributed by atoms with van der Waals surface area (Å²) in [6.07, 6.45) is 3.27. The van der Waals surface area contributed by atoms with Crippen molar-refractivity contribution in [3.05, 3.63) is 71.9 Å². The first-order valence-electron chi connectivity index (χ1n) is 14.1. The summed E-state index contributed by atoms with van der Waals surface area (Å²) in [6, 6.07) is 16.2. The minimum Gasteiger partial charge on any atom is -0.444 e. The molecule has 0 aliphatic carbocycles. The molecule has 1 unspecified atom stereocenters. The van der Waals surface area contributed by atoms with Gasteiger partial charge in [0.25, 0.3) is 0 Å². The van der Waals surface area contributed by atoms with Gasteiger partial charge >= 0.3 is 6.09 Å². The smallest absolute Gasteiger partial charge is 0.408 e. The fourth-order valence-electron chi connectivity index (χ4n) is 5.65. The van der Waals surface area contributed by atoms with E-state index in [1.165, 1.54) is 0 Å². The number of rotatable bonds is 7. The normalized spacial score (nSPS) is 20.0. The van der Waals surface area contributed by atoms with E-state index in [1.54, 1.807) is 25.7 Å². The zero-order valence-electron chi connectivity index (χ0n) is 23.7. The number of thiocarbonyl (C=S) groups is 1. The summed E-state index contributed by atoms with van der Waals surface area (Å²) < 4.78 is 5.48. The molecule has 3 atom stereocenters. The number of carbonyl (C=O) groups is 3. The summed E-state index contributed by atoms with van der Waals surface area (Å²) in [5, 5.41) is 7.43. The Balaban J connectivity index is 1.32. The van der Waals surface area contributed by atoms with Gasteiger partial charge in [-0.25, -0.2) is 4.79 Å². The first kappa shape index (κ1) is 28.6. The molecule has 0 saturated carbocycles. The Kier molecular flexibility index (Phi) is 8.30. The third-order valence-electron chi connectivity index (χ3n) is 7.56. The van der Waals surface area contributed by atoms with E-state index in [9.17, 15) is 14.4 Å². The Hall–Kier alpha value is -3.92.